The van der Waals surface area contributed by atoms with Crippen LogP contribution in [-0.4, -0.2) is 25.2 Å². The van der Waals surface area contributed by atoms with E-state index in [9.17, 15) is 4.79 Å². The molecule has 0 saturated heterocycles. The largest absolute Gasteiger partial charge is 0.490 e. The first-order valence-electron chi connectivity index (χ1n) is 7.93. The number of rotatable bonds is 6. The highest BCUT2D eigenvalue weighted by molar-refractivity contribution is 5.77. The first-order chi connectivity index (χ1) is 10.3. The number of benzene rings is 1. The van der Waals surface area contributed by atoms with E-state index in [0.717, 1.165) is 12.8 Å². The predicted molar refractivity (Wildman–Crippen MR) is 82.7 cm³/mol. The van der Waals surface area contributed by atoms with Crippen molar-refractivity contribution in [2.45, 2.75) is 51.5 Å². The van der Waals surface area contributed by atoms with Gasteiger partial charge in [0.05, 0.1) is 6.61 Å². The third-order valence-corrected chi connectivity index (χ3v) is 3.73. The maximum atomic E-state index is 12.0. The van der Waals surface area contributed by atoms with Crippen LogP contribution in [0, 0.1) is 0 Å². The van der Waals surface area contributed by atoms with Crippen molar-refractivity contribution in [3.63, 3.8) is 0 Å². The summed E-state index contributed by atoms with van der Waals surface area (Å²) in [7, 11) is 0. The van der Waals surface area contributed by atoms with Crippen molar-refractivity contribution in [2.24, 2.45) is 0 Å². The summed E-state index contributed by atoms with van der Waals surface area (Å²) in [5, 5.41) is 3.08. The molecule has 0 unspecified atom stereocenters. The van der Waals surface area contributed by atoms with Crippen LogP contribution in [0.2, 0.25) is 0 Å². The SMILES string of the molecule is CCOc1ccccc1OCC(=O)NC1CCCCCC1. The fourth-order valence-corrected chi connectivity index (χ4v) is 2.68. The van der Waals surface area contributed by atoms with Crippen LogP contribution in [0.25, 0.3) is 0 Å². The number of carbonyl (C=O) groups excluding carboxylic acids is 1. The Kier molecular flexibility index (Phi) is 6.38. The van der Waals surface area contributed by atoms with Gasteiger partial charge in [-0.05, 0) is 31.9 Å². The van der Waals surface area contributed by atoms with Crippen LogP contribution >= 0.6 is 0 Å². The van der Waals surface area contributed by atoms with Crippen molar-refractivity contribution in [3.8, 4) is 11.5 Å². The van der Waals surface area contributed by atoms with E-state index >= 15 is 0 Å². The van der Waals surface area contributed by atoms with Gasteiger partial charge in [0.1, 0.15) is 0 Å². The van der Waals surface area contributed by atoms with E-state index in [2.05, 4.69) is 5.32 Å². The van der Waals surface area contributed by atoms with Crippen LogP contribution in [0.3, 0.4) is 0 Å². The number of nitrogens with one attached hydrogen (secondary N) is 1. The summed E-state index contributed by atoms with van der Waals surface area (Å²) in [5.74, 6) is 1.26. The highest BCUT2D eigenvalue weighted by Crippen LogP contribution is 2.26. The van der Waals surface area contributed by atoms with E-state index in [4.69, 9.17) is 9.47 Å². The molecular formula is C17H25NO3. The highest BCUT2D eigenvalue weighted by Gasteiger charge is 2.15. The van der Waals surface area contributed by atoms with Crippen LogP contribution in [-0.2, 0) is 4.79 Å². The molecule has 0 aliphatic heterocycles. The minimum Gasteiger partial charge on any atom is -0.490 e. The van der Waals surface area contributed by atoms with E-state index in [1.54, 1.807) is 0 Å². The van der Waals surface area contributed by atoms with Gasteiger partial charge < -0.3 is 14.8 Å². The van der Waals surface area contributed by atoms with Gasteiger partial charge in [0, 0.05) is 6.04 Å². The normalized spacial score (nSPS) is 16.0. The average Bonchev–Trinajstić information content (AvgIpc) is 2.75. The van der Waals surface area contributed by atoms with Crippen molar-refractivity contribution in [2.75, 3.05) is 13.2 Å². The molecule has 1 aliphatic rings. The molecule has 4 nitrogen and oxygen atoms in total. The van der Waals surface area contributed by atoms with Crippen molar-refractivity contribution >= 4 is 5.91 Å². The van der Waals surface area contributed by atoms with Gasteiger partial charge in [-0.3, -0.25) is 4.79 Å². The molecule has 21 heavy (non-hydrogen) atoms. The minimum atomic E-state index is -0.0480. The van der Waals surface area contributed by atoms with Crippen molar-refractivity contribution in [1.29, 1.82) is 0 Å². The Balaban J connectivity index is 1.80. The zero-order chi connectivity index (χ0) is 14.9. The van der Waals surface area contributed by atoms with Crippen molar-refractivity contribution in [3.05, 3.63) is 24.3 Å². The highest BCUT2D eigenvalue weighted by atomic mass is 16.5. The fraction of sp³-hybridized carbons (Fsp3) is 0.588. The molecule has 4 heteroatoms. The van der Waals surface area contributed by atoms with Gasteiger partial charge >= 0.3 is 0 Å². The molecule has 0 bridgehead atoms. The molecule has 0 aromatic heterocycles. The fourth-order valence-electron chi connectivity index (χ4n) is 2.68. The number of ether oxygens (including phenoxy) is 2. The molecule has 1 aromatic rings. The lowest BCUT2D eigenvalue weighted by atomic mass is 10.1. The summed E-state index contributed by atoms with van der Waals surface area (Å²) in [6.07, 6.45) is 7.15. The van der Waals surface area contributed by atoms with Gasteiger partial charge in [-0.15, -0.1) is 0 Å². The first kappa shape index (κ1) is 15.7. The summed E-state index contributed by atoms with van der Waals surface area (Å²) >= 11 is 0. The number of hydrogen-bond donors (Lipinski definition) is 1. The summed E-state index contributed by atoms with van der Waals surface area (Å²) in [5.41, 5.74) is 0. The maximum absolute atomic E-state index is 12.0. The zero-order valence-corrected chi connectivity index (χ0v) is 12.8. The van der Waals surface area contributed by atoms with Crippen molar-refractivity contribution in [1.82, 2.24) is 5.32 Å². The van der Waals surface area contributed by atoms with Crippen LogP contribution in [0.15, 0.2) is 24.3 Å². The molecule has 1 aromatic carbocycles. The molecule has 0 radical (unpaired) electrons. The van der Waals surface area contributed by atoms with E-state index in [-0.39, 0.29) is 12.5 Å². The van der Waals surface area contributed by atoms with E-state index in [1.165, 1.54) is 25.7 Å². The Morgan fingerprint density at radius 2 is 1.71 bits per heavy atom. The molecule has 1 saturated carbocycles. The van der Waals surface area contributed by atoms with Crippen LogP contribution in [0.5, 0.6) is 11.5 Å². The molecule has 1 N–H and O–H groups in total. The average molecular weight is 291 g/mol. The second-order valence-electron chi connectivity index (χ2n) is 5.42. The molecule has 0 spiro atoms. The summed E-state index contributed by atoms with van der Waals surface area (Å²) < 4.78 is 11.1. The lowest BCUT2D eigenvalue weighted by Gasteiger charge is -2.17. The summed E-state index contributed by atoms with van der Waals surface area (Å²) in [6.45, 7) is 2.55. The van der Waals surface area contributed by atoms with Gasteiger partial charge in [-0.2, -0.15) is 0 Å². The first-order valence-corrected chi connectivity index (χ1v) is 7.93. The van der Waals surface area contributed by atoms with Gasteiger partial charge in [0.15, 0.2) is 18.1 Å². The van der Waals surface area contributed by atoms with Crippen LogP contribution in [0.4, 0.5) is 0 Å². The third-order valence-electron chi connectivity index (χ3n) is 3.73. The van der Waals surface area contributed by atoms with Gasteiger partial charge in [0.2, 0.25) is 0 Å². The third kappa shape index (κ3) is 5.29. The lowest BCUT2D eigenvalue weighted by molar-refractivity contribution is -0.123. The molecular weight excluding hydrogens is 266 g/mol. The topological polar surface area (TPSA) is 47.6 Å². The Morgan fingerprint density at radius 1 is 1.10 bits per heavy atom. The number of carbonyl (C=O) groups is 1. The van der Waals surface area contributed by atoms with Gasteiger partial charge in [0.25, 0.3) is 5.91 Å². The van der Waals surface area contributed by atoms with Crippen LogP contribution in [0.1, 0.15) is 45.4 Å². The number of hydrogen-bond acceptors (Lipinski definition) is 3. The number of para-hydroxylation sites is 2. The van der Waals surface area contributed by atoms with Gasteiger partial charge in [-0.25, -0.2) is 0 Å². The van der Waals surface area contributed by atoms with E-state index in [1.807, 2.05) is 31.2 Å². The molecule has 116 valence electrons. The zero-order valence-electron chi connectivity index (χ0n) is 12.8. The second kappa shape index (κ2) is 8.55. The van der Waals surface area contributed by atoms with E-state index < -0.39 is 0 Å². The van der Waals surface area contributed by atoms with Crippen LogP contribution < -0.4 is 14.8 Å². The van der Waals surface area contributed by atoms with Gasteiger partial charge in [-0.1, -0.05) is 37.8 Å². The van der Waals surface area contributed by atoms with Crippen molar-refractivity contribution < 1.29 is 14.3 Å². The lowest BCUT2D eigenvalue weighted by Crippen LogP contribution is -2.37. The second-order valence-corrected chi connectivity index (χ2v) is 5.42. The summed E-state index contributed by atoms with van der Waals surface area (Å²) in [4.78, 5) is 12.0. The summed E-state index contributed by atoms with van der Waals surface area (Å²) in [6, 6.07) is 7.75. The Labute approximate surface area is 126 Å². The molecule has 1 fully saturated rings. The Bertz CT molecular complexity index is 439. The predicted octanol–water partition coefficient (Wildman–Crippen LogP) is 3.30. The van der Waals surface area contributed by atoms with E-state index in [0.29, 0.717) is 24.1 Å². The standard InChI is InChI=1S/C17H25NO3/c1-2-20-15-11-7-8-12-16(15)21-13-17(19)18-14-9-5-3-4-6-10-14/h7-8,11-12,14H,2-6,9-10,13H2,1H3,(H,18,19). The molecule has 1 aliphatic carbocycles. The Morgan fingerprint density at radius 3 is 2.33 bits per heavy atom. The smallest absolute Gasteiger partial charge is 0.258 e. The minimum absolute atomic E-state index is 0.0422. The Hall–Kier alpha value is -1.71. The molecule has 0 atom stereocenters. The maximum Gasteiger partial charge on any atom is 0.258 e. The molecule has 2 rings (SSSR count). The molecule has 0 heterocycles. The monoisotopic (exact) mass is 291 g/mol. The molecule has 1 amide bonds. The quantitative estimate of drug-likeness (QED) is 0.818. The number of amides is 1.